The molecule has 1 unspecified atom stereocenters. The van der Waals surface area contributed by atoms with Crippen LogP contribution in [0.4, 0.5) is 11.4 Å². The van der Waals surface area contributed by atoms with Crippen LogP contribution >= 0.6 is 0 Å². The summed E-state index contributed by atoms with van der Waals surface area (Å²) in [4.78, 5) is 2.33. The van der Waals surface area contributed by atoms with Crippen LogP contribution in [0.5, 0.6) is 0 Å². The molecule has 76 valence electrons. The van der Waals surface area contributed by atoms with E-state index < -0.39 is 0 Å². The Labute approximate surface area is 84.9 Å². The van der Waals surface area contributed by atoms with Gasteiger partial charge in [-0.3, -0.25) is 0 Å². The maximum absolute atomic E-state index is 5.86. The number of para-hydroxylation sites is 2. The first-order valence-electron chi connectivity index (χ1n) is 5.05. The van der Waals surface area contributed by atoms with Crippen molar-refractivity contribution in [1.82, 2.24) is 4.90 Å². The van der Waals surface area contributed by atoms with Gasteiger partial charge in [-0.15, -0.1) is 0 Å². The number of anilines is 2. The van der Waals surface area contributed by atoms with Gasteiger partial charge in [0.25, 0.3) is 0 Å². The Bertz CT molecular complexity index is 311. The van der Waals surface area contributed by atoms with Crippen LogP contribution in [-0.2, 0) is 0 Å². The molecule has 1 fully saturated rings. The molecule has 2 rings (SSSR count). The van der Waals surface area contributed by atoms with Crippen LogP contribution in [0, 0.1) is 0 Å². The van der Waals surface area contributed by atoms with E-state index in [0.29, 0.717) is 6.04 Å². The van der Waals surface area contributed by atoms with Crippen LogP contribution in [0.3, 0.4) is 0 Å². The monoisotopic (exact) mass is 191 g/mol. The van der Waals surface area contributed by atoms with E-state index in [1.807, 2.05) is 24.3 Å². The summed E-state index contributed by atoms with van der Waals surface area (Å²) in [6, 6.07) is 8.48. The molecule has 0 radical (unpaired) electrons. The highest BCUT2D eigenvalue weighted by Gasteiger charge is 2.19. The minimum Gasteiger partial charge on any atom is -0.397 e. The van der Waals surface area contributed by atoms with Gasteiger partial charge in [-0.1, -0.05) is 12.1 Å². The fourth-order valence-electron chi connectivity index (χ4n) is 1.90. The zero-order chi connectivity index (χ0) is 9.97. The average Bonchev–Trinajstić information content (AvgIpc) is 2.56. The Morgan fingerprint density at radius 1 is 1.43 bits per heavy atom. The lowest BCUT2D eigenvalue weighted by Crippen LogP contribution is -2.23. The van der Waals surface area contributed by atoms with Crippen LogP contribution in [0.25, 0.3) is 0 Å². The van der Waals surface area contributed by atoms with E-state index in [2.05, 4.69) is 17.3 Å². The Hall–Kier alpha value is -1.22. The van der Waals surface area contributed by atoms with Gasteiger partial charge in [0.15, 0.2) is 0 Å². The van der Waals surface area contributed by atoms with Crippen LogP contribution in [-0.4, -0.2) is 31.1 Å². The topological polar surface area (TPSA) is 41.3 Å². The van der Waals surface area contributed by atoms with E-state index in [9.17, 15) is 0 Å². The standard InChI is InChI=1S/C11H17N3/c1-14-7-6-9(8-14)13-11-5-3-2-4-10(11)12/h2-5,9,13H,6-8,12H2,1H3. The quantitative estimate of drug-likeness (QED) is 0.694. The molecule has 1 heterocycles. The molecule has 1 saturated heterocycles. The first kappa shape index (κ1) is 9.34. The maximum Gasteiger partial charge on any atom is 0.0576 e. The molecule has 1 aliphatic heterocycles. The van der Waals surface area contributed by atoms with E-state index in [4.69, 9.17) is 5.73 Å². The number of likely N-dealkylation sites (tertiary alicyclic amines) is 1. The summed E-state index contributed by atoms with van der Waals surface area (Å²) < 4.78 is 0. The van der Waals surface area contributed by atoms with Crippen molar-refractivity contribution in [3.05, 3.63) is 24.3 Å². The molecule has 0 aliphatic carbocycles. The number of likely N-dealkylation sites (N-methyl/N-ethyl adjacent to an activating group) is 1. The number of benzene rings is 1. The number of hydrogen-bond donors (Lipinski definition) is 2. The van der Waals surface area contributed by atoms with Crippen molar-refractivity contribution in [2.75, 3.05) is 31.2 Å². The summed E-state index contributed by atoms with van der Waals surface area (Å²) in [5.41, 5.74) is 7.76. The fraction of sp³-hybridized carbons (Fsp3) is 0.455. The molecule has 1 aliphatic rings. The molecule has 0 amide bonds. The molecule has 14 heavy (non-hydrogen) atoms. The third kappa shape index (κ3) is 1.99. The second kappa shape index (κ2) is 3.88. The van der Waals surface area contributed by atoms with Crippen LogP contribution in [0.2, 0.25) is 0 Å². The number of hydrogen-bond acceptors (Lipinski definition) is 3. The smallest absolute Gasteiger partial charge is 0.0576 e. The Morgan fingerprint density at radius 3 is 2.86 bits per heavy atom. The third-order valence-corrected chi connectivity index (χ3v) is 2.71. The summed E-state index contributed by atoms with van der Waals surface area (Å²) >= 11 is 0. The van der Waals surface area contributed by atoms with E-state index in [-0.39, 0.29) is 0 Å². The summed E-state index contributed by atoms with van der Waals surface area (Å²) in [6.07, 6.45) is 1.20. The molecule has 3 nitrogen and oxygen atoms in total. The molecule has 1 aromatic carbocycles. The zero-order valence-electron chi connectivity index (χ0n) is 8.53. The molecule has 3 N–H and O–H groups in total. The van der Waals surface area contributed by atoms with Gasteiger partial charge < -0.3 is 16.0 Å². The van der Waals surface area contributed by atoms with E-state index in [0.717, 1.165) is 17.9 Å². The summed E-state index contributed by atoms with van der Waals surface area (Å²) in [7, 11) is 2.15. The highest BCUT2D eigenvalue weighted by Crippen LogP contribution is 2.20. The average molecular weight is 191 g/mol. The number of nitrogens with zero attached hydrogens (tertiary/aromatic N) is 1. The van der Waals surface area contributed by atoms with Crippen molar-refractivity contribution >= 4 is 11.4 Å². The van der Waals surface area contributed by atoms with Gasteiger partial charge in [-0.25, -0.2) is 0 Å². The molecule has 3 heteroatoms. The van der Waals surface area contributed by atoms with Crippen molar-refractivity contribution in [2.24, 2.45) is 0 Å². The lowest BCUT2D eigenvalue weighted by Gasteiger charge is -2.15. The second-order valence-electron chi connectivity index (χ2n) is 3.98. The maximum atomic E-state index is 5.86. The minimum atomic E-state index is 0.546. The van der Waals surface area contributed by atoms with Gasteiger partial charge in [-0.2, -0.15) is 0 Å². The Balaban J connectivity index is 2.01. The lowest BCUT2D eigenvalue weighted by atomic mass is 10.2. The van der Waals surface area contributed by atoms with Gasteiger partial charge in [0.1, 0.15) is 0 Å². The second-order valence-corrected chi connectivity index (χ2v) is 3.98. The van der Waals surface area contributed by atoms with E-state index in [1.165, 1.54) is 13.0 Å². The third-order valence-electron chi connectivity index (χ3n) is 2.71. The molecule has 0 saturated carbocycles. The summed E-state index contributed by atoms with van der Waals surface area (Å²) in [6.45, 7) is 2.28. The van der Waals surface area contributed by atoms with E-state index >= 15 is 0 Å². The largest absolute Gasteiger partial charge is 0.397 e. The molecule has 0 aromatic heterocycles. The molecule has 0 spiro atoms. The predicted octanol–water partition coefficient (Wildman–Crippen LogP) is 1.38. The van der Waals surface area contributed by atoms with Gasteiger partial charge >= 0.3 is 0 Å². The first-order valence-corrected chi connectivity index (χ1v) is 5.05. The van der Waals surface area contributed by atoms with Gasteiger partial charge in [0.05, 0.1) is 11.4 Å². The summed E-state index contributed by atoms with van der Waals surface area (Å²) in [5.74, 6) is 0. The number of nitrogens with one attached hydrogen (secondary N) is 1. The summed E-state index contributed by atoms with van der Waals surface area (Å²) in [5, 5.41) is 3.47. The van der Waals surface area contributed by atoms with Crippen LogP contribution < -0.4 is 11.1 Å². The normalized spacial score (nSPS) is 22.5. The molecule has 1 aromatic rings. The highest BCUT2D eigenvalue weighted by atomic mass is 15.2. The molecular weight excluding hydrogens is 174 g/mol. The number of nitrogen functional groups attached to an aromatic ring is 1. The first-order chi connectivity index (χ1) is 6.75. The molecular formula is C11H17N3. The predicted molar refractivity (Wildman–Crippen MR) is 60.4 cm³/mol. The highest BCUT2D eigenvalue weighted by molar-refractivity contribution is 5.66. The van der Waals surface area contributed by atoms with Gasteiger partial charge in [0.2, 0.25) is 0 Å². The van der Waals surface area contributed by atoms with Crippen molar-refractivity contribution in [2.45, 2.75) is 12.5 Å². The van der Waals surface area contributed by atoms with Crippen molar-refractivity contribution in [1.29, 1.82) is 0 Å². The molecule has 0 bridgehead atoms. The van der Waals surface area contributed by atoms with Crippen molar-refractivity contribution in [3.63, 3.8) is 0 Å². The SMILES string of the molecule is CN1CCC(Nc2ccccc2N)C1. The fourth-order valence-corrected chi connectivity index (χ4v) is 1.90. The lowest BCUT2D eigenvalue weighted by molar-refractivity contribution is 0.414. The number of nitrogens with two attached hydrogens (primary N) is 1. The van der Waals surface area contributed by atoms with Crippen LogP contribution in [0.15, 0.2) is 24.3 Å². The molecule has 1 atom stereocenters. The van der Waals surface area contributed by atoms with Gasteiger partial charge in [-0.05, 0) is 32.1 Å². The van der Waals surface area contributed by atoms with Crippen molar-refractivity contribution in [3.8, 4) is 0 Å². The van der Waals surface area contributed by atoms with E-state index in [1.54, 1.807) is 0 Å². The van der Waals surface area contributed by atoms with Crippen molar-refractivity contribution < 1.29 is 0 Å². The van der Waals surface area contributed by atoms with Gasteiger partial charge in [0, 0.05) is 12.6 Å². The minimum absolute atomic E-state index is 0.546. The van der Waals surface area contributed by atoms with Crippen LogP contribution in [0.1, 0.15) is 6.42 Å². The Morgan fingerprint density at radius 2 is 2.21 bits per heavy atom. The Kier molecular flexibility index (Phi) is 2.59. The zero-order valence-corrected chi connectivity index (χ0v) is 8.53. The number of rotatable bonds is 2.